The molecule has 0 spiro atoms. The summed E-state index contributed by atoms with van der Waals surface area (Å²) in [6.07, 6.45) is 0. The first-order chi connectivity index (χ1) is 12.3. The Bertz CT molecular complexity index is 731. The number of esters is 1. The van der Waals surface area contributed by atoms with Gasteiger partial charge in [-0.1, -0.05) is 0 Å². The second kappa shape index (κ2) is 9.78. The van der Waals surface area contributed by atoms with E-state index in [2.05, 4.69) is 5.32 Å². The standard InChI is InChI=1S/C17H19N3O6/c1-10(19)14(7-18)15(21)9-26-16(22)8-20-17(23)11-4-12(24-2)6-13(5-11)25-3/h4-6,14,19H,8-9H2,1-3H3,(H,20,23). The van der Waals surface area contributed by atoms with Gasteiger partial charge in [0.2, 0.25) is 0 Å². The highest BCUT2D eigenvalue weighted by molar-refractivity contribution is 6.06. The minimum Gasteiger partial charge on any atom is -0.497 e. The number of benzene rings is 1. The van der Waals surface area contributed by atoms with Gasteiger partial charge in [-0.3, -0.25) is 14.4 Å². The summed E-state index contributed by atoms with van der Waals surface area (Å²) in [6.45, 7) is 0.207. The Morgan fingerprint density at radius 1 is 1.19 bits per heavy atom. The van der Waals surface area contributed by atoms with Crippen LogP contribution in [0, 0.1) is 22.7 Å². The van der Waals surface area contributed by atoms with Gasteiger partial charge in [0.1, 0.15) is 24.0 Å². The Balaban J connectivity index is 2.57. The van der Waals surface area contributed by atoms with Gasteiger partial charge in [-0.15, -0.1) is 0 Å². The maximum atomic E-state index is 12.1. The third-order valence-corrected chi connectivity index (χ3v) is 3.27. The summed E-state index contributed by atoms with van der Waals surface area (Å²) in [7, 11) is 2.88. The molecule has 0 heterocycles. The van der Waals surface area contributed by atoms with E-state index in [4.69, 9.17) is 24.9 Å². The lowest BCUT2D eigenvalue weighted by Crippen LogP contribution is -2.32. The van der Waals surface area contributed by atoms with E-state index in [0.717, 1.165) is 0 Å². The van der Waals surface area contributed by atoms with Gasteiger partial charge in [0.05, 0.1) is 20.3 Å². The summed E-state index contributed by atoms with van der Waals surface area (Å²) in [5, 5.41) is 18.4. The number of nitrogens with zero attached hydrogens (tertiary/aromatic N) is 1. The number of carbonyl (C=O) groups is 3. The lowest BCUT2D eigenvalue weighted by molar-refractivity contribution is -0.147. The zero-order valence-electron chi connectivity index (χ0n) is 14.6. The van der Waals surface area contributed by atoms with Crippen molar-refractivity contribution in [2.75, 3.05) is 27.4 Å². The summed E-state index contributed by atoms with van der Waals surface area (Å²) in [5.74, 6) is -2.53. The summed E-state index contributed by atoms with van der Waals surface area (Å²) in [6, 6.07) is 6.19. The molecular formula is C17H19N3O6. The van der Waals surface area contributed by atoms with Gasteiger partial charge in [-0.05, 0) is 19.1 Å². The lowest BCUT2D eigenvalue weighted by Gasteiger charge is -2.10. The summed E-state index contributed by atoms with van der Waals surface area (Å²) < 4.78 is 14.8. The number of carbonyl (C=O) groups excluding carboxylic acids is 3. The number of ether oxygens (including phenoxy) is 3. The van der Waals surface area contributed by atoms with Crippen molar-refractivity contribution in [2.45, 2.75) is 6.92 Å². The molecule has 0 bridgehead atoms. The number of hydrogen-bond donors (Lipinski definition) is 2. The number of amides is 1. The van der Waals surface area contributed by atoms with E-state index >= 15 is 0 Å². The van der Waals surface area contributed by atoms with E-state index in [1.165, 1.54) is 33.3 Å². The van der Waals surface area contributed by atoms with Crippen molar-refractivity contribution in [1.29, 1.82) is 10.7 Å². The van der Waals surface area contributed by atoms with Gasteiger partial charge in [-0.25, -0.2) is 0 Å². The van der Waals surface area contributed by atoms with E-state index in [1.807, 2.05) is 0 Å². The predicted molar refractivity (Wildman–Crippen MR) is 90.3 cm³/mol. The molecule has 1 unspecified atom stereocenters. The van der Waals surface area contributed by atoms with Crippen LogP contribution in [0.1, 0.15) is 17.3 Å². The number of nitrogens with one attached hydrogen (secondary N) is 2. The SMILES string of the molecule is COc1cc(OC)cc(C(=O)NCC(=O)OCC(=O)C(C#N)C(C)=N)c1. The number of hydrogen-bond acceptors (Lipinski definition) is 8. The van der Waals surface area contributed by atoms with Crippen molar-refractivity contribution in [1.82, 2.24) is 5.32 Å². The number of ketones is 1. The minimum atomic E-state index is -1.25. The van der Waals surface area contributed by atoms with Crippen LogP contribution in [0.2, 0.25) is 0 Å². The number of rotatable bonds is 9. The molecule has 1 aromatic carbocycles. The van der Waals surface area contributed by atoms with Crippen molar-refractivity contribution in [3.05, 3.63) is 23.8 Å². The smallest absolute Gasteiger partial charge is 0.325 e. The molecule has 1 amide bonds. The van der Waals surface area contributed by atoms with E-state index in [0.29, 0.717) is 11.5 Å². The van der Waals surface area contributed by atoms with Crippen molar-refractivity contribution in [2.24, 2.45) is 5.92 Å². The molecule has 0 saturated carbocycles. The van der Waals surface area contributed by atoms with Crippen LogP contribution in [-0.2, 0) is 14.3 Å². The Hall–Kier alpha value is -3.41. The molecule has 1 rings (SSSR count). The van der Waals surface area contributed by atoms with Crippen molar-refractivity contribution in [3.63, 3.8) is 0 Å². The Morgan fingerprint density at radius 2 is 1.77 bits per heavy atom. The van der Waals surface area contributed by atoms with Crippen LogP contribution in [0.15, 0.2) is 18.2 Å². The molecule has 9 heteroatoms. The van der Waals surface area contributed by atoms with E-state index < -0.39 is 36.7 Å². The average Bonchev–Trinajstić information content (AvgIpc) is 2.63. The van der Waals surface area contributed by atoms with Crippen LogP contribution >= 0.6 is 0 Å². The van der Waals surface area contributed by atoms with Crippen molar-refractivity contribution < 1.29 is 28.6 Å². The summed E-state index contributed by atoms with van der Waals surface area (Å²) >= 11 is 0. The molecule has 2 N–H and O–H groups in total. The fourth-order valence-corrected chi connectivity index (χ4v) is 1.89. The molecule has 0 aliphatic carbocycles. The van der Waals surface area contributed by atoms with Crippen LogP contribution in [0.3, 0.4) is 0 Å². The number of Topliss-reactive ketones (excluding diaryl/α,β-unsaturated/α-hetero) is 1. The Kier molecular flexibility index (Phi) is 7.76. The highest BCUT2D eigenvalue weighted by Gasteiger charge is 2.21. The maximum Gasteiger partial charge on any atom is 0.325 e. The minimum absolute atomic E-state index is 0.131. The fraction of sp³-hybridized carbons (Fsp3) is 0.353. The summed E-state index contributed by atoms with van der Waals surface area (Å²) in [5.41, 5.74) is 0.0860. The quantitative estimate of drug-likeness (QED) is 0.488. The van der Waals surface area contributed by atoms with Gasteiger partial charge in [0.25, 0.3) is 5.91 Å². The normalized spacial score (nSPS) is 10.8. The van der Waals surface area contributed by atoms with Crippen LogP contribution in [0.25, 0.3) is 0 Å². The highest BCUT2D eigenvalue weighted by Crippen LogP contribution is 2.22. The zero-order chi connectivity index (χ0) is 19.7. The van der Waals surface area contributed by atoms with E-state index in [1.54, 1.807) is 12.1 Å². The molecule has 9 nitrogen and oxygen atoms in total. The predicted octanol–water partition coefficient (Wildman–Crippen LogP) is 0.725. The van der Waals surface area contributed by atoms with Crippen molar-refractivity contribution in [3.8, 4) is 17.6 Å². The Morgan fingerprint density at radius 3 is 2.23 bits per heavy atom. The second-order valence-corrected chi connectivity index (χ2v) is 5.16. The average molecular weight is 361 g/mol. The first kappa shape index (κ1) is 20.6. The van der Waals surface area contributed by atoms with E-state index in [-0.39, 0.29) is 11.3 Å². The molecule has 26 heavy (non-hydrogen) atoms. The lowest BCUT2D eigenvalue weighted by atomic mass is 10.0. The van der Waals surface area contributed by atoms with Gasteiger partial charge < -0.3 is 24.9 Å². The topological polar surface area (TPSA) is 139 Å². The van der Waals surface area contributed by atoms with Gasteiger partial charge in [0, 0.05) is 17.3 Å². The number of methoxy groups -OCH3 is 2. The maximum absolute atomic E-state index is 12.1. The van der Waals surface area contributed by atoms with Crippen LogP contribution in [-0.4, -0.2) is 50.7 Å². The molecule has 0 aliphatic rings. The van der Waals surface area contributed by atoms with Crippen LogP contribution in [0.4, 0.5) is 0 Å². The second-order valence-electron chi connectivity index (χ2n) is 5.16. The molecule has 0 aromatic heterocycles. The molecule has 0 radical (unpaired) electrons. The molecule has 1 aromatic rings. The fourth-order valence-electron chi connectivity index (χ4n) is 1.89. The van der Waals surface area contributed by atoms with Gasteiger partial charge in [0.15, 0.2) is 12.4 Å². The first-order valence-corrected chi connectivity index (χ1v) is 7.46. The third-order valence-electron chi connectivity index (χ3n) is 3.27. The monoisotopic (exact) mass is 361 g/mol. The van der Waals surface area contributed by atoms with Gasteiger partial charge >= 0.3 is 5.97 Å². The number of nitriles is 1. The highest BCUT2D eigenvalue weighted by atomic mass is 16.5. The largest absolute Gasteiger partial charge is 0.497 e. The van der Waals surface area contributed by atoms with E-state index in [9.17, 15) is 14.4 Å². The zero-order valence-corrected chi connectivity index (χ0v) is 14.6. The third kappa shape index (κ3) is 5.90. The molecular weight excluding hydrogens is 342 g/mol. The summed E-state index contributed by atoms with van der Waals surface area (Å²) in [4.78, 5) is 35.4. The Labute approximate surface area is 150 Å². The van der Waals surface area contributed by atoms with Crippen LogP contribution < -0.4 is 14.8 Å². The molecule has 1 atom stereocenters. The van der Waals surface area contributed by atoms with Crippen molar-refractivity contribution >= 4 is 23.4 Å². The molecule has 0 fully saturated rings. The molecule has 138 valence electrons. The molecule has 0 saturated heterocycles. The first-order valence-electron chi connectivity index (χ1n) is 7.46. The van der Waals surface area contributed by atoms with Crippen LogP contribution in [0.5, 0.6) is 11.5 Å². The van der Waals surface area contributed by atoms with Gasteiger partial charge in [-0.2, -0.15) is 5.26 Å². The molecule has 0 aliphatic heterocycles.